The van der Waals surface area contributed by atoms with Crippen LogP contribution in [0.3, 0.4) is 0 Å². The van der Waals surface area contributed by atoms with Gasteiger partial charge in [-0.1, -0.05) is 43.5 Å². The zero-order chi connectivity index (χ0) is 21.0. The SMILES string of the molecule is CC(=O)Nc1cc2ccccc2cc1C(=O)NCC1(N2CCOCC2)CCCCC1. The van der Waals surface area contributed by atoms with Crippen LogP contribution >= 0.6 is 0 Å². The molecule has 30 heavy (non-hydrogen) atoms. The van der Waals surface area contributed by atoms with Crippen molar-refractivity contribution in [2.45, 2.75) is 44.6 Å². The second-order valence-corrected chi connectivity index (χ2v) is 8.49. The number of nitrogens with one attached hydrogen (secondary N) is 2. The van der Waals surface area contributed by atoms with Gasteiger partial charge in [-0.15, -0.1) is 0 Å². The van der Waals surface area contributed by atoms with E-state index in [1.165, 1.54) is 26.2 Å². The molecular weight excluding hydrogens is 378 g/mol. The van der Waals surface area contributed by atoms with Crippen molar-refractivity contribution in [1.29, 1.82) is 0 Å². The molecular formula is C24H31N3O3. The second kappa shape index (κ2) is 9.14. The number of carbonyl (C=O) groups is 2. The van der Waals surface area contributed by atoms with Crippen molar-refractivity contribution in [3.05, 3.63) is 42.0 Å². The van der Waals surface area contributed by atoms with E-state index in [0.29, 0.717) is 17.8 Å². The molecule has 2 aromatic carbocycles. The first-order chi connectivity index (χ1) is 14.6. The molecule has 2 amide bonds. The average molecular weight is 410 g/mol. The first-order valence-corrected chi connectivity index (χ1v) is 11.0. The van der Waals surface area contributed by atoms with E-state index in [-0.39, 0.29) is 17.4 Å². The van der Waals surface area contributed by atoms with Gasteiger partial charge in [-0.3, -0.25) is 14.5 Å². The number of amides is 2. The lowest BCUT2D eigenvalue weighted by atomic mass is 9.79. The van der Waals surface area contributed by atoms with E-state index in [1.54, 1.807) is 0 Å². The Bertz CT molecular complexity index is 915. The number of fused-ring (bicyclic) bond motifs is 1. The van der Waals surface area contributed by atoms with Crippen molar-refractivity contribution in [3.63, 3.8) is 0 Å². The highest BCUT2D eigenvalue weighted by Crippen LogP contribution is 2.34. The van der Waals surface area contributed by atoms with Crippen LogP contribution in [0.2, 0.25) is 0 Å². The highest BCUT2D eigenvalue weighted by atomic mass is 16.5. The van der Waals surface area contributed by atoms with Gasteiger partial charge in [0, 0.05) is 32.1 Å². The van der Waals surface area contributed by atoms with E-state index in [2.05, 4.69) is 15.5 Å². The van der Waals surface area contributed by atoms with Gasteiger partial charge in [0.1, 0.15) is 0 Å². The monoisotopic (exact) mass is 409 g/mol. The normalized spacial score (nSPS) is 19.4. The van der Waals surface area contributed by atoms with Gasteiger partial charge < -0.3 is 15.4 Å². The summed E-state index contributed by atoms with van der Waals surface area (Å²) in [5, 5.41) is 8.02. The third kappa shape index (κ3) is 4.50. The van der Waals surface area contributed by atoms with Gasteiger partial charge in [-0.25, -0.2) is 0 Å². The molecule has 2 aromatic rings. The fourth-order valence-electron chi connectivity index (χ4n) is 4.91. The number of nitrogens with zero attached hydrogens (tertiary/aromatic N) is 1. The summed E-state index contributed by atoms with van der Waals surface area (Å²) < 4.78 is 5.55. The predicted octanol–water partition coefficient (Wildman–Crippen LogP) is 3.56. The van der Waals surface area contributed by atoms with Crippen molar-refractivity contribution in [3.8, 4) is 0 Å². The second-order valence-electron chi connectivity index (χ2n) is 8.49. The number of hydrogen-bond donors (Lipinski definition) is 2. The Morgan fingerprint density at radius 3 is 2.37 bits per heavy atom. The number of carbonyl (C=O) groups excluding carboxylic acids is 2. The lowest BCUT2D eigenvalue weighted by molar-refractivity contribution is -0.114. The third-order valence-electron chi connectivity index (χ3n) is 6.49. The third-order valence-corrected chi connectivity index (χ3v) is 6.49. The van der Waals surface area contributed by atoms with Crippen LogP contribution in [0.5, 0.6) is 0 Å². The summed E-state index contributed by atoms with van der Waals surface area (Å²) in [5.41, 5.74) is 1.07. The molecule has 0 bridgehead atoms. The maximum Gasteiger partial charge on any atom is 0.253 e. The Balaban J connectivity index is 1.57. The Morgan fingerprint density at radius 2 is 1.70 bits per heavy atom. The Labute approximate surface area is 178 Å². The van der Waals surface area contributed by atoms with Gasteiger partial charge in [0.2, 0.25) is 5.91 Å². The summed E-state index contributed by atoms with van der Waals surface area (Å²) in [7, 11) is 0. The van der Waals surface area contributed by atoms with Gasteiger partial charge in [0.15, 0.2) is 0 Å². The summed E-state index contributed by atoms with van der Waals surface area (Å²) in [6.45, 7) is 5.44. The molecule has 160 valence electrons. The highest BCUT2D eigenvalue weighted by Gasteiger charge is 2.39. The van der Waals surface area contributed by atoms with Crippen molar-refractivity contribution >= 4 is 28.3 Å². The standard InChI is InChI=1S/C24H31N3O3/c1-18(28)26-22-16-20-8-4-3-7-19(20)15-21(22)23(29)25-17-24(9-5-2-6-10-24)27-11-13-30-14-12-27/h3-4,7-8,15-16H,2,5-6,9-14,17H2,1H3,(H,25,29)(H,26,28). The molecule has 4 rings (SSSR count). The van der Waals surface area contributed by atoms with Crippen LogP contribution in [0.1, 0.15) is 49.4 Å². The van der Waals surface area contributed by atoms with Crippen molar-refractivity contribution < 1.29 is 14.3 Å². The first-order valence-electron chi connectivity index (χ1n) is 11.0. The molecule has 0 unspecified atom stereocenters. The highest BCUT2D eigenvalue weighted by molar-refractivity contribution is 6.07. The molecule has 2 fully saturated rings. The minimum absolute atomic E-state index is 0.00268. The lowest BCUT2D eigenvalue weighted by Crippen LogP contribution is -2.59. The topological polar surface area (TPSA) is 70.7 Å². The molecule has 0 atom stereocenters. The number of anilines is 1. The van der Waals surface area contributed by atoms with Crippen molar-refractivity contribution in [1.82, 2.24) is 10.2 Å². The van der Waals surface area contributed by atoms with Crippen LogP contribution < -0.4 is 10.6 Å². The summed E-state index contributed by atoms with van der Waals surface area (Å²) >= 11 is 0. The Hall–Kier alpha value is -2.44. The molecule has 6 nitrogen and oxygen atoms in total. The van der Waals surface area contributed by atoms with Gasteiger partial charge in [0.05, 0.1) is 24.5 Å². The van der Waals surface area contributed by atoms with Gasteiger partial charge in [0.25, 0.3) is 5.91 Å². The summed E-state index contributed by atoms with van der Waals surface area (Å²) in [5.74, 6) is -0.320. The Morgan fingerprint density at radius 1 is 1.03 bits per heavy atom. The molecule has 1 aliphatic heterocycles. The zero-order valence-electron chi connectivity index (χ0n) is 17.7. The quantitative estimate of drug-likeness (QED) is 0.792. The van der Waals surface area contributed by atoms with Crippen LogP contribution in [-0.4, -0.2) is 55.1 Å². The number of morpholine rings is 1. The minimum atomic E-state index is -0.184. The zero-order valence-corrected chi connectivity index (χ0v) is 17.7. The van der Waals surface area contributed by atoms with Gasteiger partial charge >= 0.3 is 0 Å². The average Bonchev–Trinajstić information content (AvgIpc) is 2.78. The fourth-order valence-corrected chi connectivity index (χ4v) is 4.91. The molecule has 1 heterocycles. The molecule has 0 spiro atoms. The smallest absolute Gasteiger partial charge is 0.253 e. The number of hydrogen-bond acceptors (Lipinski definition) is 4. The van der Waals surface area contributed by atoms with E-state index in [4.69, 9.17) is 4.74 Å². The van der Waals surface area contributed by atoms with Crippen molar-refractivity contribution in [2.75, 3.05) is 38.2 Å². The number of ether oxygens (including phenoxy) is 1. The van der Waals surface area contributed by atoms with Crippen LogP contribution in [-0.2, 0) is 9.53 Å². The minimum Gasteiger partial charge on any atom is -0.379 e. The maximum absolute atomic E-state index is 13.3. The molecule has 1 aliphatic carbocycles. The van der Waals surface area contributed by atoms with Crippen LogP contribution in [0, 0.1) is 0 Å². The van der Waals surface area contributed by atoms with E-state index >= 15 is 0 Å². The van der Waals surface area contributed by atoms with Crippen LogP contribution in [0.15, 0.2) is 36.4 Å². The fraction of sp³-hybridized carbons (Fsp3) is 0.500. The predicted molar refractivity (Wildman–Crippen MR) is 119 cm³/mol. The number of benzene rings is 2. The maximum atomic E-state index is 13.3. The van der Waals surface area contributed by atoms with Crippen molar-refractivity contribution in [2.24, 2.45) is 0 Å². The summed E-state index contributed by atoms with van der Waals surface area (Å²) in [6.07, 6.45) is 5.85. The van der Waals surface area contributed by atoms with Gasteiger partial charge in [-0.05, 0) is 35.7 Å². The van der Waals surface area contributed by atoms with E-state index in [9.17, 15) is 9.59 Å². The molecule has 1 saturated carbocycles. The molecule has 2 N–H and O–H groups in total. The lowest BCUT2D eigenvalue weighted by Gasteiger charge is -2.48. The molecule has 6 heteroatoms. The molecule has 1 saturated heterocycles. The number of rotatable bonds is 5. The van der Waals surface area contributed by atoms with Crippen LogP contribution in [0.4, 0.5) is 5.69 Å². The molecule has 0 radical (unpaired) electrons. The van der Waals surface area contributed by atoms with E-state index < -0.39 is 0 Å². The van der Waals surface area contributed by atoms with E-state index in [1.807, 2.05) is 36.4 Å². The van der Waals surface area contributed by atoms with E-state index in [0.717, 1.165) is 49.9 Å². The largest absolute Gasteiger partial charge is 0.379 e. The molecule has 2 aliphatic rings. The summed E-state index contributed by atoms with van der Waals surface area (Å²) in [6, 6.07) is 11.6. The Kier molecular flexibility index (Phi) is 6.35. The molecule has 0 aromatic heterocycles. The van der Waals surface area contributed by atoms with Crippen LogP contribution in [0.25, 0.3) is 10.8 Å². The van der Waals surface area contributed by atoms with Gasteiger partial charge in [-0.2, -0.15) is 0 Å². The first kappa shape index (κ1) is 20.8. The summed E-state index contributed by atoms with van der Waals surface area (Å²) in [4.78, 5) is 27.5.